The van der Waals surface area contributed by atoms with Crippen LogP contribution in [0.1, 0.15) is 50.6 Å². The molecule has 320 valence electrons. The van der Waals surface area contributed by atoms with Crippen molar-refractivity contribution in [1.29, 1.82) is 0 Å². The Balaban J connectivity index is 0.798. The summed E-state index contributed by atoms with van der Waals surface area (Å²) in [5.74, 6) is -2.92. The second-order valence-electron chi connectivity index (χ2n) is 17.4. The molecule has 61 heavy (non-hydrogen) atoms. The fourth-order valence-corrected chi connectivity index (χ4v) is 9.84. The second-order valence-corrected chi connectivity index (χ2v) is 17.8. The van der Waals surface area contributed by atoms with Gasteiger partial charge in [-0.05, 0) is 80.8 Å². The fourth-order valence-electron chi connectivity index (χ4n) is 9.70. The summed E-state index contributed by atoms with van der Waals surface area (Å²) in [5, 5.41) is 15.4. The molecule has 10 rings (SSSR count). The first-order valence-corrected chi connectivity index (χ1v) is 21.5. The highest BCUT2D eigenvalue weighted by Gasteiger charge is 2.51. The molecule has 1 saturated carbocycles. The zero-order valence-electron chi connectivity index (χ0n) is 34.3. The minimum absolute atomic E-state index is 0.109. The smallest absolute Gasteiger partial charge is 0.301 e. The summed E-state index contributed by atoms with van der Waals surface area (Å²) in [6.45, 7) is 6.57. The van der Waals surface area contributed by atoms with Crippen molar-refractivity contribution in [2.75, 3.05) is 66.3 Å². The zero-order valence-corrected chi connectivity index (χ0v) is 35.0. The van der Waals surface area contributed by atoms with Crippen molar-refractivity contribution in [3.8, 4) is 5.75 Å². The van der Waals surface area contributed by atoms with E-state index < -0.39 is 30.0 Å². The van der Waals surface area contributed by atoms with Crippen LogP contribution >= 0.6 is 11.6 Å². The Bertz CT molecular complexity index is 2650. The number of fused-ring (bicyclic) bond motifs is 4. The molecule has 2 amide bonds. The number of amides is 2. The molecule has 2 aromatic carbocycles. The van der Waals surface area contributed by atoms with Gasteiger partial charge in [-0.2, -0.15) is 10.1 Å². The molecule has 0 spiro atoms. The van der Waals surface area contributed by atoms with Crippen molar-refractivity contribution in [2.24, 2.45) is 25.9 Å². The van der Waals surface area contributed by atoms with Gasteiger partial charge in [0.15, 0.2) is 12.4 Å². The largest absolute Gasteiger partial charge is 0.480 e. The Labute approximate surface area is 355 Å². The van der Waals surface area contributed by atoms with Gasteiger partial charge in [0.1, 0.15) is 5.02 Å². The van der Waals surface area contributed by atoms with Gasteiger partial charge in [-0.1, -0.05) is 11.6 Å². The Hall–Kier alpha value is -5.55. The zero-order chi connectivity index (χ0) is 42.3. The Morgan fingerprint density at radius 2 is 1.80 bits per heavy atom. The van der Waals surface area contributed by atoms with Crippen molar-refractivity contribution >= 4 is 74.0 Å². The number of ether oxygens (including phenoxy) is 1. The summed E-state index contributed by atoms with van der Waals surface area (Å²) in [5.41, 5.74) is 3.81. The van der Waals surface area contributed by atoms with E-state index in [9.17, 15) is 14.4 Å². The molecular weight excluding hydrogens is 808 g/mol. The number of aromatic nitrogens is 5. The summed E-state index contributed by atoms with van der Waals surface area (Å²) in [4.78, 5) is 54.2. The Morgan fingerprint density at radius 3 is 2.59 bits per heavy atom. The average Bonchev–Trinajstić information content (AvgIpc) is 3.91. The molecule has 1 aliphatic carbocycles. The van der Waals surface area contributed by atoms with Crippen LogP contribution in [0.15, 0.2) is 47.4 Å². The lowest BCUT2D eigenvalue weighted by atomic mass is 9.93. The Morgan fingerprint density at radius 1 is 0.967 bits per heavy atom. The molecule has 18 heteroatoms. The normalized spacial score (nSPS) is 24.4. The topological polar surface area (TPSA) is 155 Å². The van der Waals surface area contributed by atoms with Crippen molar-refractivity contribution < 1.29 is 23.1 Å². The average molecular weight is 856 g/mol. The lowest BCUT2D eigenvalue weighted by Gasteiger charge is -2.41. The minimum atomic E-state index is -3.13. The van der Waals surface area contributed by atoms with Gasteiger partial charge in [0.05, 0.1) is 40.6 Å². The predicted molar refractivity (Wildman–Crippen MR) is 229 cm³/mol. The summed E-state index contributed by atoms with van der Waals surface area (Å²) in [6.07, 6.45) is 4.85. The van der Waals surface area contributed by atoms with Crippen molar-refractivity contribution in [1.82, 2.24) is 34.5 Å². The summed E-state index contributed by atoms with van der Waals surface area (Å²) in [6, 6.07) is 10.8. The van der Waals surface area contributed by atoms with E-state index in [2.05, 4.69) is 60.8 Å². The molecule has 5 aliphatic rings. The molecule has 4 aliphatic heterocycles. The van der Waals surface area contributed by atoms with E-state index in [4.69, 9.17) is 26.4 Å². The molecule has 3 N–H and O–H groups in total. The quantitative estimate of drug-likeness (QED) is 0.172. The molecule has 0 radical (unpaired) electrons. The first kappa shape index (κ1) is 39.6. The standard InChI is InChI=1S/C43H48ClF2N11O4/c1-23-19-57(15-14-55(23)20-24-12-13-56(21-24)27-7-8-28-33(17-27)54(3)52-35(28)29-9-11-34(58)49-40(29)59)42-47-18-31(44)39(51-42)48-26-6-10-32-30(16-26)36-37(41(60)53(32)2)61-22-43(45,46)38(50-36)25-4-5-25/h6-8,10,16-18,23-25,29,38,50H,4-5,9,11-15,19-22H2,1-3H3,(H,47,48,51)(H,49,58,59)/t23-,24-,29?,38-/m0/s1. The van der Waals surface area contributed by atoms with E-state index in [-0.39, 0.29) is 35.2 Å². The molecule has 7 heterocycles. The van der Waals surface area contributed by atoms with Crippen LogP contribution in [0.2, 0.25) is 5.02 Å². The van der Waals surface area contributed by atoms with Gasteiger partial charge < -0.3 is 29.7 Å². The maximum Gasteiger partial charge on any atom is 0.301 e. The number of piperidine rings is 1. The van der Waals surface area contributed by atoms with Crippen molar-refractivity contribution in [3.63, 3.8) is 0 Å². The number of benzene rings is 2. The van der Waals surface area contributed by atoms with Gasteiger partial charge in [0, 0.05) is 88.0 Å². The van der Waals surface area contributed by atoms with Crippen LogP contribution in [0.3, 0.4) is 0 Å². The maximum absolute atomic E-state index is 15.2. The number of piperazine rings is 1. The Kier molecular flexibility index (Phi) is 9.81. The van der Waals surface area contributed by atoms with Gasteiger partial charge in [-0.25, -0.2) is 13.8 Å². The van der Waals surface area contributed by atoms with Gasteiger partial charge >= 0.3 is 5.92 Å². The monoisotopic (exact) mass is 855 g/mol. The molecule has 5 aromatic rings. The second kappa shape index (κ2) is 15.1. The molecule has 4 atom stereocenters. The molecular formula is C43H48ClF2N11O4. The number of imide groups is 1. The number of aryl methyl sites for hydroxylation is 2. The number of halogens is 3. The molecule has 1 unspecified atom stereocenters. The number of anilines is 5. The summed E-state index contributed by atoms with van der Waals surface area (Å²) >= 11 is 6.65. The number of carbonyl (C=O) groups excluding carboxylic acids is 2. The maximum atomic E-state index is 15.2. The molecule has 3 aromatic heterocycles. The third-order valence-corrected chi connectivity index (χ3v) is 13.5. The third-order valence-electron chi connectivity index (χ3n) is 13.2. The number of pyridine rings is 1. The number of alkyl halides is 2. The van der Waals surface area contributed by atoms with Gasteiger partial charge in [-0.15, -0.1) is 0 Å². The van der Waals surface area contributed by atoms with E-state index in [0.29, 0.717) is 65.0 Å². The van der Waals surface area contributed by atoms with Gasteiger partial charge in [0.25, 0.3) is 5.56 Å². The van der Waals surface area contributed by atoms with E-state index in [1.165, 1.54) is 4.57 Å². The van der Waals surface area contributed by atoms with E-state index in [1.54, 1.807) is 31.4 Å². The molecule has 4 fully saturated rings. The first-order chi connectivity index (χ1) is 29.3. The summed E-state index contributed by atoms with van der Waals surface area (Å²) < 4.78 is 39.1. The number of nitrogens with one attached hydrogen (secondary N) is 3. The van der Waals surface area contributed by atoms with E-state index in [1.807, 2.05) is 11.7 Å². The van der Waals surface area contributed by atoms with Crippen molar-refractivity contribution in [2.45, 2.75) is 63.0 Å². The lowest BCUT2D eigenvalue weighted by Crippen LogP contribution is -2.53. The van der Waals surface area contributed by atoms with Crippen LogP contribution in [0.4, 0.5) is 37.6 Å². The van der Waals surface area contributed by atoms with E-state index in [0.717, 1.165) is 68.0 Å². The van der Waals surface area contributed by atoms with Gasteiger partial charge in [0.2, 0.25) is 23.5 Å². The fraction of sp³-hybridized carbons (Fsp3) is 0.488. The number of hydrogen-bond acceptors (Lipinski definition) is 12. The van der Waals surface area contributed by atoms with Crippen LogP contribution < -0.4 is 36.0 Å². The number of nitrogens with zero attached hydrogens (tertiary/aromatic N) is 8. The first-order valence-electron chi connectivity index (χ1n) is 21.1. The van der Waals surface area contributed by atoms with Crippen LogP contribution in [-0.2, 0) is 23.7 Å². The van der Waals surface area contributed by atoms with Crippen LogP contribution in [-0.4, -0.2) is 105 Å². The van der Waals surface area contributed by atoms with E-state index >= 15 is 8.78 Å². The van der Waals surface area contributed by atoms with Crippen LogP contribution in [0.5, 0.6) is 5.75 Å². The molecule has 15 nitrogen and oxygen atoms in total. The predicted octanol–water partition coefficient (Wildman–Crippen LogP) is 5.39. The van der Waals surface area contributed by atoms with Crippen LogP contribution in [0.25, 0.3) is 21.8 Å². The van der Waals surface area contributed by atoms with Gasteiger partial charge in [-0.3, -0.25) is 29.3 Å². The lowest BCUT2D eigenvalue weighted by molar-refractivity contribution is -0.134. The number of hydrogen-bond donors (Lipinski definition) is 3. The minimum Gasteiger partial charge on any atom is -0.480 e. The van der Waals surface area contributed by atoms with Crippen LogP contribution in [0, 0.1) is 11.8 Å². The molecule has 0 bridgehead atoms. The highest BCUT2D eigenvalue weighted by molar-refractivity contribution is 6.33. The summed E-state index contributed by atoms with van der Waals surface area (Å²) in [7, 11) is 3.50. The highest BCUT2D eigenvalue weighted by Crippen LogP contribution is 2.46. The number of carbonyl (C=O) groups is 2. The van der Waals surface area contributed by atoms with Crippen molar-refractivity contribution in [3.05, 3.63) is 63.7 Å². The number of rotatable bonds is 8. The SMILES string of the molecule is C[C@H]1CN(c2ncc(Cl)c(Nc3ccc4c(c3)c3c(c(=O)n4C)OCC(F)(F)[C@H](C4CC4)N3)n2)CCN1C[C@@H]1CCN(c2ccc3c(C4CCC(=O)NC4=O)nn(C)c3c2)C1. The third kappa shape index (κ3) is 7.28. The highest BCUT2D eigenvalue weighted by atomic mass is 35.5. The molecule has 3 saturated heterocycles.